The Kier molecular flexibility index (Phi) is 8.16. The molecule has 0 bridgehead atoms. The fourth-order valence-electron chi connectivity index (χ4n) is 2.64. The van der Waals surface area contributed by atoms with Crippen LogP contribution in [-0.4, -0.2) is 48.9 Å². The normalized spacial score (nSPS) is 11.3. The number of ether oxygens (including phenoxy) is 2. The van der Waals surface area contributed by atoms with Gasteiger partial charge in [0.2, 0.25) is 0 Å². The number of amides is 2. The number of nitro groups is 1. The lowest BCUT2D eigenvalue weighted by Crippen LogP contribution is -2.33. The summed E-state index contributed by atoms with van der Waals surface area (Å²) in [7, 11) is 3.29. The van der Waals surface area contributed by atoms with E-state index in [2.05, 4.69) is 5.32 Å². The Bertz CT molecular complexity index is 900. The van der Waals surface area contributed by atoms with Crippen LogP contribution in [0.1, 0.15) is 24.9 Å². The van der Waals surface area contributed by atoms with E-state index in [1.54, 1.807) is 32.3 Å². The van der Waals surface area contributed by atoms with Crippen LogP contribution in [0, 0.1) is 10.1 Å². The predicted molar refractivity (Wildman–Crippen MR) is 110 cm³/mol. The number of non-ortho nitro benzene ring substituents is 1. The largest absolute Gasteiger partial charge is 0.484 e. The number of carbonyl (C=O) groups is 2. The van der Waals surface area contributed by atoms with Crippen LogP contribution in [0.15, 0.2) is 48.5 Å². The van der Waals surface area contributed by atoms with Crippen LogP contribution in [0.2, 0.25) is 0 Å². The second-order valence-corrected chi connectivity index (χ2v) is 6.69. The van der Waals surface area contributed by atoms with Gasteiger partial charge in [-0.25, -0.2) is 0 Å². The molecule has 2 rings (SSSR count). The molecule has 30 heavy (non-hydrogen) atoms. The summed E-state index contributed by atoms with van der Waals surface area (Å²) in [5, 5.41) is 13.7. The van der Waals surface area contributed by atoms with Crippen molar-refractivity contribution >= 4 is 17.5 Å². The van der Waals surface area contributed by atoms with Crippen molar-refractivity contribution in [2.24, 2.45) is 0 Å². The Morgan fingerprint density at radius 2 is 1.83 bits per heavy atom. The van der Waals surface area contributed by atoms with Gasteiger partial charge >= 0.3 is 0 Å². The number of carbonyl (C=O) groups excluding carboxylic acids is 2. The van der Waals surface area contributed by atoms with E-state index in [0.29, 0.717) is 12.2 Å². The number of nitrogens with one attached hydrogen (secondary N) is 1. The first-order valence-electron chi connectivity index (χ1n) is 9.40. The Labute approximate surface area is 174 Å². The first-order chi connectivity index (χ1) is 14.3. The van der Waals surface area contributed by atoms with Gasteiger partial charge in [-0.2, -0.15) is 0 Å². The molecule has 0 radical (unpaired) electrons. The standard InChI is InChI=1S/C21H25N3O6/c1-4-18(17-10-5-6-11-19(17)30-14-21(26)23(2)3)22-20(25)13-29-16-9-7-8-15(12-16)24(27)28/h5-12,18H,4,13-14H2,1-3H3,(H,22,25). The minimum absolute atomic E-state index is 0.107. The number of para-hydroxylation sites is 1. The average Bonchev–Trinajstić information content (AvgIpc) is 2.74. The molecule has 2 aromatic carbocycles. The molecule has 0 heterocycles. The maximum Gasteiger partial charge on any atom is 0.273 e. The molecule has 0 spiro atoms. The van der Waals surface area contributed by atoms with Crippen molar-refractivity contribution in [3.05, 3.63) is 64.2 Å². The predicted octanol–water partition coefficient (Wildman–Crippen LogP) is 2.71. The number of likely N-dealkylation sites (N-methyl/N-ethyl adjacent to an activating group) is 1. The lowest BCUT2D eigenvalue weighted by molar-refractivity contribution is -0.384. The summed E-state index contributed by atoms with van der Waals surface area (Å²) < 4.78 is 11.0. The Hall–Kier alpha value is -3.62. The van der Waals surface area contributed by atoms with Gasteiger partial charge in [0, 0.05) is 25.7 Å². The minimum atomic E-state index is -0.530. The maximum absolute atomic E-state index is 12.4. The zero-order chi connectivity index (χ0) is 22.1. The van der Waals surface area contributed by atoms with Crippen LogP contribution in [0.25, 0.3) is 0 Å². The Morgan fingerprint density at radius 1 is 1.10 bits per heavy atom. The summed E-state index contributed by atoms with van der Waals surface area (Å²) in [5.74, 6) is 0.192. The quantitative estimate of drug-likeness (QED) is 0.472. The molecule has 0 aromatic heterocycles. The van der Waals surface area contributed by atoms with Crippen molar-refractivity contribution in [2.75, 3.05) is 27.3 Å². The second-order valence-electron chi connectivity index (χ2n) is 6.69. The molecule has 2 aromatic rings. The molecular weight excluding hydrogens is 390 g/mol. The molecule has 0 aliphatic carbocycles. The van der Waals surface area contributed by atoms with Crippen LogP contribution in [0.4, 0.5) is 5.69 Å². The molecule has 2 amide bonds. The highest BCUT2D eigenvalue weighted by Crippen LogP contribution is 2.27. The molecule has 0 aliphatic heterocycles. The van der Waals surface area contributed by atoms with Crippen LogP contribution < -0.4 is 14.8 Å². The smallest absolute Gasteiger partial charge is 0.273 e. The van der Waals surface area contributed by atoms with E-state index in [0.717, 1.165) is 5.56 Å². The lowest BCUT2D eigenvalue weighted by Gasteiger charge is -2.21. The van der Waals surface area contributed by atoms with Crippen molar-refractivity contribution < 1.29 is 24.0 Å². The molecule has 1 atom stereocenters. The van der Waals surface area contributed by atoms with Gasteiger partial charge in [-0.05, 0) is 18.6 Å². The molecular formula is C21H25N3O6. The molecule has 1 N–H and O–H groups in total. The first-order valence-corrected chi connectivity index (χ1v) is 9.40. The number of nitrogens with zero attached hydrogens (tertiary/aromatic N) is 2. The van der Waals surface area contributed by atoms with E-state index < -0.39 is 4.92 Å². The van der Waals surface area contributed by atoms with Crippen molar-refractivity contribution in [3.63, 3.8) is 0 Å². The zero-order valence-electron chi connectivity index (χ0n) is 17.2. The molecule has 0 saturated carbocycles. The Balaban J connectivity index is 2.01. The second kappa shape index (κ2) is 10.8. The molecule has 9 nitrogen and oxygen atoms in total. The summed E-state index contributed by atoms with van der Waals surface area (Å²) >= 11 is 0. The number of hydrogen-bond donors (Lipinski definition) is 1. The molecule has 1 unspecified atom stereocenters. The molecule has 9 heteroatoms. The van der Waals surface area contributed by atoms with Crippen molar-refractivity contribution in [2.45, 2.75) is 19.4 Å². The SMILES string of the molecule is CCC(NC(=O)COc1cccc([N+](=O)[O-])c1)c1ccccc1OCC(=O)N(C)C. The number of rotatable bonds is 10. The van der Waals surface area contributed by atoms with Gasteiger partial charge in [-0.1, -0.05) is 31.2 Å². The van der Waals surface area contributed by atoms with E-state index in [9.17, 15) is 19.7 Å². The molecule has 160 valence electrons. The van der Waals surface area contributed by atoms with E-state index in [1.165, 1.54) is 23.1 Å². The van der Waals surface area contributed by atoms with Crippen LogP contribution >= 0.6 is 0 Å². The highest BCUT2D eigenvalue weighted by molar-refractivity contribution is 5.78. The van der Waals surface area contributed by atoms with Gasteiger partial charge in [-0.15, -0.1) is 0 Å². The fraction of sp³-hybridized carbons (Fsp3) is 0.333. The summed E-state index contributed by atoms with van der Waals surface area (Å²) in [6.45, 7) is 1.51. The Morgan fingerprint density at radius 3 is 2.50 bits per heavy atom. The lowest BCUT2D eigenvalue weighted by atomic mass is 10.0. The number of nitro benzene ring substituents is 1. The number of benzene rings is 2. The van der Waals surface area contributed by atoms with Crippen molar-refractivity contribution in [1.82, 2.24) is 10.2 Å². The van der Waals surface area contributed by atoms with Gasteiger partial charge in [0.25, 0.3) is 17.5 Å². The van der Waals surface area contributed by atoms with Gasteiger partial charge in [-0.3, -0.25) is 19.7 Å². The zero-order valence-corrected chi connectivity index (χ0v) is 17.2. The van der Waals surface area contributed by atoms with Crippen molar-refractivity contribution in [3.8, 4) is 11.5 Å². The molecule has 0 fully saturated rings. The topological polar surface area (TPSA) is 111 Å². The van der Waals surface area contributed by atoms with Crippen LogP contribution in [-0.2, 0) is 9.59 Å². The average molecular weight is 415 g/mol. The monoisotopic (exact) mass is 415 g/mol. The van der Waals surface area contributed by atoms with Gasteiger partial charge in [0.1, 0.15) is 11.5 Å². The summed E-state index contributed by atoms with van der Waals surface area (Å²) in [6.07, 6.45) is 0.588. The van der Waals surface area contributed by atoms with E-state index in [-0.39, 0.29) is 42.5 Å². The third-order valence-corrected chi connectivity index (χ3v) is 4.29. The van der Waals surface area contributed by atoms with Gasteiger partial charge in [0.15, 0.2) is 13.2 Å². The highest BCUT2D eigenvalue weighted by atomic mass is 16.6. The van der Waals surface area contributed by atoms with E-state index in [1.807, 2.05) is 19.1 Å². The summed E-state index contributed by atoms with van der Waals surface area (Å²) in [6, 6.07) is 12.5. The third-order valence-electron chi connectivity index (χ3n) is 4.29. The molecule has 0 saturated heterocycles. The highest BCUT2D eigenvalue weighted by Gasteiger charge is 2.18. The molecule has 0 aliphatic rings. The van der Waals surface area contributed by atoms with Crippen LogP contribution in [0.3, 0.4) is 0 Å². The van der Waals surface area contributed by atoms with Gasteiger partial charge in [0.05, 0.1) is 17.0 Å². The van der Waals surface area contributed by atoms with E-state index >= 15 is 0 Å². The maximum atomic E-state index is 12.4. The summed E-state index contributed by atoms with van der Waals surface area (Å²) in [5.41, 5.74) is 0.632. The van der Waals surface area contributed by atoms with Crippen molar-refractivity contribution in [1.29, 1.82) is 0 Å². The summed E-state index contributed by atoms with van der Waals surface area (Å²) in [4.78, 5) is 35.9. The van der Waals surface area contributed by atoms with Gasteiger partial charge < -0.3 is 19.7 Å². The van der Waals surface area contributed by atoms with Crippen LogP contribution in [0.5, 0.6) is 11.5 Å². The van der Waals surface area contributed by atoms with E-state index in [4.69, 9.17) is 9.47 Å². The third kappa shape index (κ3) is 6.47. The minimum Gasteiger partial charge on any atom is -0.484 e. The number of hydrogen-bond acceptors (Lipinski definition) is 6. The first kappa shape index (κ1) is 22.7. The fourth-order valence-corrected chi connectivity index (χ4v) is 2.64.